The fourth-order valence-corrected chi connectivity index (χ4v) is 7.91. The lowest BCUT2D eigenvalue weighted by atomic mass is 9.87. The predicted octanol–water partition coefficient (Wildman–Crippen LogP) is 11.3. The summed E-state index contributed by atoms with van der Waals surface area (Å²) in [5, 5.41) is 17.2. The van der Waals surface area contributed by atoms with E-state index in [0.717, 1.165) is 38.6 Å². The van der Waals surface area contributed by atoms with Crippen LogP contribution in [0.25, 0.3) is 109 Å². The van der Waals surface area contributed by atoms with Crippen LogP contribution in [0.4, 0.5) is 0 Å². The zero-order valence-electron chi connectivity index (χ0n) is 25.6. The summed E-state index contributed by atoms with van der Waals surface area (Å²) in [5.74, 6) is 0.686. The van der Waals surface area contributed by atoms with Crippen LogP contribution in [0, 0.1) is 0 Å². The first-order valence-electron chi connectivity index (χ1n) is 16.2. The van der Waals surface area contributed by atoms with Gasteiger partial charge in [0.2, 0.25) is 0 Å². The number of hydrogen-bond acceptors (Lipinski definition) is 4. The van der Waals surface area contributed by atoms with Crippen LogP contribution in [-0.2, 0) is 0 Å². The van der Waals surface area contributed by atoms with Gasteiger partial charge in [-0.3, -0.25) is 4.98 Å². The number of rotatable bonds is 2. The first-order valence-corrected chi connectivity index (χ1v) is 16.2. The Kier molecular flexibility index (Phi) is 5.08. The zero-order valence-corrected chi connectivity index (χ0v) is 25.6. The van der Waals surface area contributed by atoms with Gasteiger partial charge in [-0.05, 0) is 88.9 Å². The van der Waals surface area contributed by atoms with Crippen molar-refractivity contribution in [1.82, 2.24) is 19.9 Å². The van der Waals surface area contributed by atoms with Crippen LogP contribution in [0.3, 0.4) is 0 Å². The number of aromatic nitrogens is 4. The van der Waals surface area contributed by atoms with Crippen LogP contribution in [0.2, 0.25) is 0 Å². The van der Waals surface area contributed by atoms with E-state index in [-0.39, 0.29) is 0 Å². The van der Waals surface area contributed by atoms with Gasteiger partial charge >= 0.3 is 0 Å². The molecule has 11 rings (SSSR count). The molecular formula is C44H24N4. The number of benzene rings is 7. The average Bonchev–Trinajstić information content (AvgIpc) is 3.15. The third kappa shape index (κ3) is 3.54. The summed E-state index contributed by atoms with van der Waals surface area (Å²) in [4.78, 5) is 19.5. The first kappa shape index (κ1) is 25.6. The Morgan fingerprint density at radius 2 is 0.875 bits per heavy atom. The molecule has 0 bridgehead atoms. The van der Waals surface area contributed by atoms with Crippen molar-refractivity contribution in [2.24, 2.45) is 0 Å². The molecule has 0 aliphatic carbocycles. The summed E-state index contributed by atoms with van der Waals surface area (Å²) in [6.07, 6.45) is 5.59. The smallest absolute Gasteiger partial charge is 0.159 e. The van der Waals surface area contributed by atoms with Crippen LogP contribution in [0.1, 0.15) is 0 Å². The number of nitrogens with zero attached hydrogens (tertiary/aromatic N) is 4. The lowest BCUT2D eigenvalue weighted by Gasteiger charge is -2.16. The van der Waals surface area contributed by atoms with Crippen LogP contribution in [0.15, 0.2) is 146 Å². The molecule has 8 aromatic carbocycles. The molecule has 4 nitrogen and oxygen atoms in total. The summed E-state index contributed by atoms with van der Waals surface area (Å²) in [7, 11) is 0. The summed E-state index contributed by atoms with van der Waals surface area (Å²) >= 11 is 0. The van der Waals surface area contributed by atoms with E-state index in [1.807, 2.05) is 30.7 Å². The molecular weight excluding hydrogens is 585 g/mol. The highest BCUT2D eigenvalue weighted by Gasteiger charge is 2.17. The Balaban J connectivity index is 1.17. The Morgan fingerprint density at radius 3 is 1.54 bits per heavy atom. The highest BCUT2D eigenvalue weighted by molar-refractivity contribution is 6.37. The summed E-state index contributed by atoms with van der Waals surface area (Å²) in [6.45, 7) is 0. The molecule has 3 aromatic heterocycles. The molecule has 3 heterocycles. The normalized spacial score (nSPS) is 12.2. The Morgan fingerprint density at radius 1 is 0.354 bits per heavy atom. The van der Waals surface area contributed by atoms with Crippen molar-refractivity contribution in [2.45, 2.75) is 0 Å². The second-order valence-corrected chi connectivity index (χ2v) is 12.7. The summed E-state index contributed by atoms with van der Waals surface area (Å²) in [6, 6.07) is 45.9. The van der Waals surface area contributed by atoms with Gasteiger partial charge in [0, 0.05) is 40.5 Å². The van der Waals surface area contributed by atoms with Crippen molar-refractivity contribution in [3.05, 3.63) is 146 Å². The maximum Gasteiger partial charge on any atom is 0.159 e. The van der Waals surface area contributed by atoms with Gasteiger partial charge in [0.05, 0.1) is 16.7 Å². The fourth-order valence-electron chi connectivity index (χ4n) is 7.91. The first-order chi connectivity index (χ1) is 23.8. The molecule has 11 aromatic rings. The monoisotopic (exact) mass is 608 g/mol. The molecule has 0 atom stereocenters. The van der Waals surface area contributed by atoms with Gasteiger partial charge in [0.1, 0.15) is 0 Å². The van der Waals surface area contributed by atoms with Crippen molar-refractivity contribution >= 4 is 86.4 Å². The quantitative estimate of drug-likeness (QED) is 0.183. The molecule has 0 unspecified atom stereocenters. The second kappa shape index (κ2) is 9.50. The van der Waals surface area contributed by atoms with E-state index in [0.29, 0.717) is 5.82 Å². The van der Waals surface area contributed by atoms with Crippen molar-refractivity contribution in [3.8, 4) is 22.6 Å². The maximum atomic E-state index is 5.02. The molecule has 0 aliphatic rings. The SMILES string of the molecule is c1cnc2c(c1)ccc1ccc(-c3cnc(-c4cc5ccc6cccc7c8cccc9ccc%10cccc(c(c4)c5c67)c%10c98)nc3)nc12. The Hall–Kier alpha value is -6.52. The predicted molar refractivity (Wildman–Crippen MR) is 200 cm³/mol. The lowest BCUT2D eigenvalue weighted by Crippen LogP contribution is -1.94. The van der Waals surface area contributed by atoms with Gasteiger partial charge in [0.15, 0.2) is 5.82 Å². The van der Waals surface area contributed by atoms with E-state index in [9.17, 15) is 0 Å². The highest BCUT2D eigenvalue weighted by Crippen LogP contribution is 2.44. The second-order valence-electron chi connectivity index (χ2n) is 12.7. The van der Waals surface area contributed by atoms with E-state index in [2.05, 4.69) is 120 Å². The standard InChI is InChI=1S/C44H24N4/c1-5-25-12-13-26-7-3-11-35-36-22-31(21-30-17-14-27-6-2-10-34(39(27)41(30)36)33(9-1)38(25)40(26)35)44-46-23-32(24-47-44)37-19-18-29-16-15-28-8-4-20-45-42(28)43(29)48-37/h1-24H. The van der Waals surface area contributed by atoms with Gasteiger partial charge in [-0.1, -0.05) is 103 Å². The third-order valence-corrected chi connectivity index (χ3v) is 10.1. The van der Waals surface area contributed by atoms with E-state index in [1.54, 1.807) is 0 Å². The average molecular weight is 609 g/mol. The van der Waals surface area contributed by atoms with Crippen LogP contribution < -0.4 is 0 Å². The van der Waals surface area contributed by atoms with Crippen LogP contribution in [-0.4, -0.2) is 19.9 Å². The van der Waals surface area contributed by atoms with Gasteiger partial charge < -0.3 is 0 Å². The highest BCUT2D eigenvalue weighted by atomic mass is 14.9. The van der Waals surface area contributed by atoms with Gasteiger partial charge in [0.25, 0.3) is 0 Å². The van der Waals surface area contributed by atoms with E-state index < -0.39 is 0 Å². The molecule has 48 heavy (non-hydrogen) atoms. The Labute approximate surface area is 274 Å². The van der Waals surface area contributed by atoms with Gasteiger partial charge in [-0.2, -0.15) is 0 Å². The van der Waals surface area contributed by atoms with Crippen LogP contribution in [0.5, 0.6) is 0 Å². The van der Waals surface area contributed by atoms with Crippen molar-refractivity contribution < 1.29 is 0 Å². The number of pyridine rings is 2. The number of hydrogen-bond donors (Lipinski definition) is 0. The summed E-state index contributed by atoms with van der Waals surface area (Å²) in [5.41, 5.74) is 4.46. The third-order valence-electron chi connectivity index (χ3n) is 10.1. The van der Waals surface area contributed by atoms with Gasteiger partial charge in [-0.25, -0.2) is 15.0 Å². The van der Waals surface area contributed by atoms with Crippen molar-refractivity contribution in [1.29, 1.82) is 0 Å². The van der Waals surface area contributed by atoms with E-state index >= 15 is 0 Å². The largest absolute Gasteiger partial charge is 0.254 e. The maximum absolute atomic E-state index is 5.02. The lowest BCUT2D eigenvalue weighted by molar-refractivity contribution is 1.17. The molecule has 0 aliphatic heterocycles. The molecule has 0 saturated heterocycles. The zero-order chi connectivity index (χ0) is 31.3. The molecule has 4 heteroatoms. The van der Waals surface area contributed by atoms with Crippen molar-refractivity contribution in [3.63, 3.8) is 0 Å². The topological polar surface area (TPSA) is 51.6 Å². The molecule has 0 fully saturated rings. The molecule has 0 radical (unpaired) electrons. The summed E-state index contributed by atoms with van der Waals surface area (Å²) < 4.78 is 0. The molecule has 0 spiro atoms. The molecule has 0 N–H and O–H groups in total. The number of fused-ring (bicyclic) bond motifs is 5. The fraction of sp³-hybridized carbons (Fsp3) is 0. The van der Waals surface area contributed by atoms with E-state index in [1.165, 1.54) is 64.6 Å². The minimum Gasteiger partial charge on any atom is -0.254 e. The van der Waals surface area contributed by atoms with Crippen LogP contribution >= 0.6 is 0 Å². The molecule has 0 amide bonds. The Bertz CT molecular complexity index is 3100. The van der Waals surface area contributed by atoms with E-state index in [4.69, 9.17) is 15.0 Å². The minimum atomic E-state index is 0.686. The van der Waals surface area contributed by atoms with Crippen molar-refractivity contribution in [2.75, 3.05) is 0 Å². The minimum absolute atomic E-state index is 0.686. The molecule has 220 valence electrons. The van der Waals surface area contributed by atoms with Gasteiger partial charge in [-0.15, -0.1) is 0 Å². The molecule has 0 saturated carbocycles.